The molecule has 0 atom stereocenters. The molecule has 1 N–H and O–H groups in total. The zero-order valence-corrected chi connectivity index (χ0v) is 21.5. The van der Waals surface area contributed by atoms with Gasteiger partial charge >= 0.3 is 12.0 Å². The van der Waals surface area contributed by atoms with Gasteiger partial charge in [-0.1, -0.05) is 45.7 Å². The molecule has 0 aliphatic carbocycles. The second-order valence-electron chi connectivity index (χ2n) is 7.54. The van der Waals surface area contributed by atoms with E-state index in [-0.39, 0.29) is 30.4 Å². The van der Waals surface area contributed by atoms with Crippen LogP contribution >= 0.6 is 27.5 Å². The van der Waals surface area contributed by atoms with E-state index in [9.17, 15) is 14.4 Å². The lowest BCUT2D eigenvalue weighted by atomic mass is 10.1. The maximum Gasteiger partial charge on any atom is 0.373 e. The summed E-state index contributed by atoms with van der Waals surface area (Å²) in [4.78, 5) is 37.9. The Bertz CT molecular complexity index is 1370. The van der Waals surface area contributed by atoms with Gasteiger partial charge in [0, 0.05) is 15.1 Å². The molecule has 1 aliphatic heterocycles. The standard InChI is InChI=1S/C25H20BrClN2O7/c1-33-21-10-15(17(26)11-22(21)35-13-14-5-3-4-6-18(14)27)9-19-23(30)29(25(32)28-19)12-16-7-8-20(36-16)24(31)34-2/h3-11H,12-13H2,1-2H3,(H,28,32)/b19-9-. The lowest BCUT2D eigenvalue weighted by Gasteiger charge is -2.13. The molecule has 0 saturated carbocycles. The van der Waals surface area contributed by atoms with Gasteiger partial charge in [-0.05, 0) is 42.0 Å². The number of rotatable bonds is 8. The fourth-order valence-electron chi connectivity index (χ4n) is 3.40. The molecular weight excluding hydrogens is 556 g/mol. The van der Waals surface area contributed by atoms with Crippen molar-refractivity contribution in [3.8, 4) is 11.5 Å². The largest absolute Gasteiger partial charge is 0.493 e. The van der Waals surface area contributed by atoms with Gasteiger partial charge in [-0.15, -0.1) is 0 Å². The number of hydrogen-bond acceptors (Lipinski definition) is 7. The molecule has 186 valence electrons. The molecule has 9 nitrogen and oxygen atoms in total. The maximum atomic E-state index is 12.9. The van der Waals surface area contributed by atoms with E-state index in [0.29, 0.717) is 26.6 Å². The minimum Gasteiger partial charge on any atom is -0.493 e. The first-order valence-corrected chi connectivity index (χ1v) is 11.7. The highest BCUT2D eigenvalue weighted by atomic mass is 79.9. The number of carbonyl (C=O) groups excluding carboxylic acids is 3. The van der Waals surface area contributed by atoms with E-state index in [1.165, 1.54) is 32.4 Å². The van der Waals surface area contributed by atoms with Gasteiger partial charge in [0.25, 0.3) is 5.91 Å². The van der Waals surface area contributed by atoms with E-state index in [1.54, 1.807) is 18.2 Å². The summed E-state index contributed by atoms with van der Waals surface area (Å²) in [6.45, 7) is 0.0786. The van der Waals surface area contributed by atoms with Crippen molar-refractivity contribution < 1.29 is 33.0 Å². The number of carbonyl (C=O) groups is 3. The summed E-state index contributed by atoms with van der Waals surface area (Å²) in [6.07, 6.45) is 1.52. The quantitative estimate of drug-likeness (QED) is 0.225. The topological polar surface area (TPSA) is 107 Å². The van der Waals surface area contributed by atoms with Gasteiger partial charge in [0.15, 0.2) is 11.5 Å². The summed E-state index contributed by atoms with van der Waals surface area (Å²) < 4.78 is 21.9. The van der Waals surface area contributed by atoms with Crippen molar-refractivity contribution in [2.75, 3.05) is 14.2 Å². The lowest BCUT2D eigenvalue weighted by Crippen LogP contribution is -2.30. The summed E-state index contributed by atoms with van der Waals surface area (Å²) >= 11 is 9.68. The van der Waals surface area contributed by atoms with Gasteiger partial charge in [-0.25, -0.2) is 9.59 Å². The second-order valence-corrected chi connectivity index (χ2v) is 8.80. The number of ether oxygens (including phenoxy) is 3. The van der Waals surface area contributed by atoms with Crippen LogP contribution in [-0.4, -0.2) is 37.0 Å². The molecule has 1 aliphatic rings. The number of methoxy groups -OCH3 is 2. The number of nitrogens with one attached hydrogen (secondary N) is 1. The van der Waals surface area contributed by atoms with Crippen LogP contribution in [0, 0.1) is 0 Å². The van der Waals surface area contributed by atoms with Gasteiger partial charge < -0.3 is 23.9 Å². The summed E-state index contributed by atoms with van der Waals surface area (Å²) in [5.74, 6) is -0.0880. The van der Waals surface area contributed by atoms with Crippen molar-refractivity contribution >= 4 is 51.5 Å². The third-order valence-corrected chi connectivity index (χ3v) is 6.30. The Hall–Kier alpha value is -3.76. The Balaban J connectivity index is 1.52. The summed E-state index contributed by atoms with van der Waals surface area (Å²) in [6, 6.07) is 13.0. The third-order valence-electron chi connectivity index (χ3n) is 5.25. The summed E-state index contributed by atoms with van der Waals surface area (Å²) in [7, 11) is 2.72. The van der Waals surface area contributed by atoms with Crippen molar-refractivity contribution in [2.24, 2.45) is 0 Å². The Morgan fingerprint density at radius 1 is 1.14 bits per heavy atom. The average Bonchev–Trinajstić information content (AvgIpc) is 3.44. The SMILES string of the molecule is COC(=O)c1ccc(CN2C(=O)N/C(=C\c3cc(OC)c(OCc4ccccc4Cl)cc3Br)C2=O)o1. The number of imide groups is 1. The van der Waals surface area contributed by atoms with Crippen LogP contribution in [0.25, 0.3) is 6.08 Å². The molecule has 3 amide bonds. The van der Waals surface area contributed by atoms with E-state index in [2.05, 4.69) is 26.0 Å². The van der Waals surface area contributed by atoms with Gasteiger partial charge in [0.2, 0.25) is 5.76 Å². The maximum absolute atomic E-state index is 12.9. The highest BCUT2D eigenvalue weighted by molar-refractivity contribution is 9.10. The predicted octanol–water partition coefficient (Wildman–Crippen LogP) is 5.16. The van der Waals surface area contributed by atoms with Crippen molar-refractivity contribution in [3.63, 3.8) is 0 Å². The van der Waals surface area contributed by atoms with Gasteiger partial charge in [-0.2, -0.15) is 0 Å². The minimum absolute atomic E-state index is 0.0248. The Labute approximate surface area is 219 Å². The Morgan fingerprint density at radius 2 is 1.92 bits per heavy atom. The average molecular weight is 576 g/mol. The molecule has 0 spiro atoms. The lowest BCUT2D eigenvalue weighted by molar-refractivity contribution is -0.123. The normalized spacial score (nSPS) is 14.2. The van der Waals surface area contributed by atoms with Crippen LogP contribution in [-0.2, 0) is 22.7 Å². The number of esters is 1. The number of amides is 3. The third kappa shape index (κ3) is 5.39. The molecular formula is C25H20BrClN2O7. The van der Waals surface area contributed by atoms with E-state index >= 15 is 0 Å². The van der Waals surface area contributed by atoms with Crippen molar-refractivity contribution in [1.29, 1.82) is 0 Å². The van der Waals surface area contributed by atoms with Crippen LogP contribution in [0.15, 0.2) is 63.1 Å². The van der Waals surface area contributed by atoms with Crippen LogP contribution < -0.4 is 14.8 Å². The van der Waals surface area contributed by atoms with E-state index in [1.807, 2.05) is 18.2 Å². The molecule has 4 rings (SSSR count). The fourth-order valence-corrected chi connectivity index (χ4v) is 4.03. The molecule has 2 heterocycles. The smallest absolute Gasteiger partial charge is 0.373 e. The van der Waals surface area contributed by atoms with Crippen LogP contribution in [0.3, 0.4) is 0 Å². The number of nitrogens with zero attached hydrogens (tertiary/aromatic N) is 1. The first-order valence-electron chi connectivity index (χ1n) is 10.6. The van der Waals surface area contributed by atoms with Crippen molar-refractivity contribution in [1.82, 2.24) is 10.2 Å². The first kappa shape index (κ1) is 25.3. The molecule has 3 aromatic rings. The number of benzene rings is 2. The molecule has 36 heavy (non-hydrogen) atoms. The predicted molar refractivity (Wildman–Crippen MR) is 134 cm³/mol. The summed E-state index contributed by atoms with van der Waals surface area (Å²) in [5.41, 5.74) is 1.46. The fraction of sp³-hybridized carbons (Fsp3) is 0.160. The van der Waals surface area contributed by atoms with Crippen molar-refractivity contribution in [3.05, 3.63) is 86.4 Å². The summed E-state index contributed by atoms with van der Waals surface area (Å²) in [5, 5.41) is 3.14. The Morgan fingerprint density at radius 3 is 2.64 bits per heavy atom. The van der Waals surface area contributed by atoms with Crippen LogP contribution in [0.2, 0.25) is 5.02 Å². The van der Waals surface area contributed by atoms with Crippen LogP contribution in [0.1, 0.15) is 27.4 Å². The van der Waals surface area contributed by atoms with Crippen LogP contribution in [0.4, 0.5) is 4.79 Å². The van der Waals surface area contributed by atoms with E-state index in [4.69, 9.17) is 25.5 Å². The highest BCUT2D eigenvalue weighted by Gasteiger charge is 2.34. The van der Waals surface area contributed by atoms with Gasteiger partial charge in [0.05, 0.1) is 20.8 Å². The van der Waals surface area contributed by atoms with Crippen LogP contribution in [0.5, 0.6) is 11.5 Å². The van der Waals surface area contributed by atoms with Crippen molar-refractivity contribution in [2.45, 2.75) is 13.2 Å². The second kappa shape index (κ2) is 10.9. The molecule has 1 fully saturated rings. The number of urea groups is 1. The van der Waals surface area contributed by atoms with E-state index < -0.39 is 17.9 Å². The molecule has 1 saturated heterocycles. The molecule has 0 bridgehead atoms. The molecule has 0 unspecified atom stereocenters. The van der Waals surface area contributed by atoms with Gasteiger partial charge in [-0.3, -0.25) is 9.69 Å². The number of furan rings is 1. The monoisotopic (exact) mass is 574 g/mol. The zero-order chi connectivity index (χ0) is 25.8. The highest BCUT2D eigenvalue weighted by Crippen LogP contribution is 2.36. The minimum atomic E-state index is -0.655. The first-order chi connectivity index (χ1) is 17.3. The molecule has 11 heteroatoms. The molecule has 1 aromatic heterocycles. The van der Waals surface area contributed by atoms with Gasteiger partial charge in [0.1, 0.15) is 18.1 Å². The molecule has 0 radical (unpaired) electrons. The molecule has 2 aromatic carbocycles. The number of halogens is 2. The van der Waals surface area contributed by atoms with E-state index in [0.717, 1.165) is 10.5 Å². The zero-order valence-electron chi connectivity index (χ0n) is 19.2. The number of hydrogen-bond donors (Lipinski definition) is 1. The Kier molecular flexibility index (Phi) is 7.66.